The lowest BCUT2D eigenvalue weighted by Crippen LogP contribution is -2.38. The van der Waals surface area contributed by atoms with Crippen LogP contribution in [-0.2, 0) is 11.2 Å². The molecular weight excluding hydrogens is 320 g/mol. The molecule has 0 unspecified atom stereocenters. The molecule has 6 nitrogen and oxygen atoms in total. The minimum atomic E-state index is 0.125. The maximum absolute atomic E-state index is 12.5. The molecule has 2 aromatic rings. The van der Waals surface area contributed by atoms with Gasteiger partial charge in [0.2, 0.25) is 18.6 Å². The van der Waals surface area contributed by atoms with E-state index in [4.69, 9.17) is 13.9 Å². The molecule has 0 atom stereocenters. The topological polar surface area (TPSA) is 64.8 Å². The summed E-state index contributed by atoms with van der Waals surface area (Å²) in [7, 11) is 0. The molecule has 1 aromatic carbocycles. The van der Waals surface area contributed by atoms with Gasteiger partial charge < -0.3 is 18.8 Å². The predicted molar refractivity (Wildman–Crippen MR) is 91.5 cm³/mol. The minimum Gasteiger partial charge on any atom is -0.454 e. The van der Waals surface area contributed by atoms with Crippen LogP contribution in [0.25, 0.3) is 11.5 Å². The zero-order chi connectivity index (χ0) is 17.4. The van der Waals surface area contributed by atoms with Crippen LogP contribution in [-0.4, -0.2) is 35.7 Å². The van der Waals surface area contributed by atoms with Crippen LogP contribution in [0.15, 0.2) is 22.6 Å². The number of hydrogen-bond acceptors (Lipinski definition) is 5. The number of benzene rings is 1. The van der Waals surface area contributed by atoms with Crippen LogP contribution in [0.2, 0.25) is 0 Å². The zero-order valence-electron chi connectivity index (χ0n) is 14.6. The molecule has 25 heavy (non-hydrogen) atoms. The summed E-state index contributed by atoms with van der Waals surface area (Å²) >= 11 is 0. The van der Waals surface area contributed by atoms with Gasteiger partial charge in [-0.15, -0.1) is 0 Å². The van der Waals surface area contributed by atoms with Gasteiger partial charge in [-0.2, -0.15) is 0 Å². The highest BCUT2D eigenvalue weighted by molar-refractivity contribution is 5.78. The molecule has 0 N–H and O–H groups in total. The number of fused-ring (bicyclic) bond motifs is 1. The second-order valence-electron chi connectivity index (χ2n) is 6.83. The van der Waals surface area contributed by atoms with E-state index in [1.54, 1.807) is 0 Å². The van der Waals surface area contributed by atoms with E-state index in [9.17, 15) is 4.79 Å². The van der Waals surface area contributed by atoms with E-state index in [1.807, 2.05) is 30.0 Å². The molecule has 1 saturated heterocycles. The quantitative estimate of drug-likeness (QED) is 0.857. The molecule has 1 fully saturated rings. The summed E-state index contributed by atoms with van der Waals surface area (Å²) in [5.74, 6) is 3.43. The van der Waals surface area contributed by atoms with Crippen molar-refractivity contribution in [2.75, 3.05) is 19.9 Å². The van der Waals surface area contributed by atoms with Gasteiger partial charge in [0.05, 0.1) is 12.1 Å². The summed E-state index contributed by atoms with van der Waals surface area (Å²) in [5.41, 5.74) is 1.52. The number of amides is 1. The second-order valence-corrected chi connectivity index (χ2v) is 6.83. The van der Waals surface area contributed by atoms with Gasteiger partial charge in [-0.1, -0.05) is 6.92 Å². The maximum atomic E-state index is 12.5. The standard InChI is InChI=1S/C19H22N2O4/c1-12-5-7-21(8-6-12)18(22)10-15-13(2)25-19(20-15)14-3-4-16-17(9-14)24-11-23-16/h3-4,9,12H,5-8,10-11H2,1-2H3. The van der Waals surface area contributed by atoms with E-state index < -0.39 is 0 Å². The van der Waals surface area contributed by atoms with Gasteiger partial charge in [0.25, 0.3) is 0 Å². The third kappa shape index (κ3) is 3.21. The normalized spacial score (nSPS) is 17.1. The third-order valence-electron chi connectivity index (χ3n) is 4.97. The summed E-state index contributed by atoms with van der Waals surface area (Å²) in [4.78, 5) is 19.0. The molecule has 0 radical (unpaired) electrons. The van der Waals surface area contributed by atoms with E-state index in [0.717, 1.165) is 37.2 Å². The molecular formula is C19H22N2O4. The van der Waals surface area contributed by atoms with Gasteiger partial charge in [-0.25, -0.2) is 4.98 Å². The lowest BCUT2D eigenvalue weighted by atomic mass is 9.99. The summed E-state index contributed by atoms with van der Waals surface area (Å²) in [6.07, 6.45) is 2.44. The minimum absolute atomic E-state index is 0.125. The van der Waals surface area contributed by atoms with Crippen LogP contribution in [0.1, 0.15) is 31.2 Å². The average molecular weight is 342 g/mol. The number of rotatable bonds is 3. The first-order valence-corrected chi connectivity index (χ1v) is 8.74. The fourth-order valence-electron chi connectivity index (χ4n) is 3.26. The second kappa shape index (κ2) is 6.43. The number of hydrogen-bond donors (Lipinski definition) is 0. The maximum Gasteiger partial charge on any atom is 0.231 e. The fraction of sp³-hybridized carbons (Fsp3) is 0.474. The van der Waals surface area contributed by atoms with Crippen LogP contribution in [0, 0.1) is 12.8 Å². The summed E-state index contributed by atoms with van der Waals surface area (Å²) in [6, 6.07) is 5.58. The SMILES string of the molecule is Cc1oc(-c2ccc3c(c2)OCO3)nc1CC(=O)N1CCC(C)CC1. The van der Waals surface area contributed by atoms with Gasteiger partial charge in [0.15, 0.2) is 11.5 Å². The van der Waals surface area contributed by atoms with Crippen molar-refractivity contribution in [2.45, 2.75) is 33.1 Å². The molecule has 2 aliphatic rings. The van der Waals surface area contributed by atoms with Crippen molar-refractivity contribution in [3.05, 3.63) is 29.7 Å². The number of aromatic nitrogens is 1. The highest BCUT2D eigenvalue weighted by atomic mass is 16.7. The number of nitrogens with zero attached hydrogens (tertiary/aromatic N) is 2. The molecule has 132 valence electrons. The van der Waals surface area contributed by atoms with Crippen LogP contribution in [0.3, 0.4) is 0 Å². The lowest BCUT2D eigenvalue weighted by molar-refractivity contribution is -0.131. The van der Waals surface area contributed by atoms with Crippen LogP contribution in [0.4, 0.5) is 0 Å². The van der Waals surface area contributed by atoms with Gasteiger partial charge in [-0.05, 0) is 43.9 Å². The van der Waals surface area contributed by atoms with E-state index in [-0.39, 0.29) is 19.1 Å². The third-order valence-corrected chi connectivity index (χ3v) is 4.97. The van der Waals surface area contributed by atoms with E-state index in [0.29, 0.717) is 29.0 Å². The Hall–Kier alpha value is -2.50. The van der Waals surface area contributed by atoms with Crippen LogP contribution >= 0.6 is 0 Å². The Labute approximate surface area is 146 Å². The van der Waals surface area contributed by atoms with Crippen molar-refractivity contribution in [1.29, 1.82) is 0 Å². The van der Waals surface area contributed by atoms with Crippen molar-refractivity contribution in [3.8, 4) is 23.0 Å². The monoisotopic (exact) mass is 342 g/mol. The van der Waals surface area contributed by atoms with E-state index in [2.05, 4.69) is 11.9 Å². The molecule has 2 aliphatic heterocycles. The molecule has 0 bridgehead atoms. The van der Waals surface area contributed by atoms with Gasteiger partial charge >= 0.3 is 0 Å². The van der Waals surface area contributed by atoms with E-state index in [1.165, 1.54) is 0 Å². The van der Waals surface area contributed by atoms with Crippen LogP contribution in [0.5, 0.6) is 11.5 Å². The fourth-order valence-corrected chi connectivity index (χ4v) is 3.26. The van der Waals surface area contributed by atoms with Crippen molar-refractivity contribution in [2.24, 2.45) is 5.92 Å². The van der Waals surface area contributed by atoms with Gasteiger partial charge in [0, 0.05) is 18.7 Å². The summed E-state index contributed by atoms with van der Waals surface area (Å²) in [5, 5.41) is 0. The summed E-state index contributed by atoms with van der Waals surface area (Å²) < 4.78 is 16.5. The number of ether oxygens (including phenoxy) is 2. The highest BCUT2D eigenvalue weighted by Gasteiger charge is 2.23. The molecule has 6 heteroatoms. The summed E-state index contributed by atoms with van der Waals surface area (Å²) in [6.45, 7) is 6.00. The Morgan fingerprint density at radius 1 is 1.24 bits per heavy atom. The van der Waals surface area contributed by atoms with Gasteiger partial charge in [-0.3, -0.25) is 4.79 Å². The van der Waals surface area contributed by atoms with Crippen LogP contribution < -0.4 is 9.47 Å². The Balaban J connectivity index is 1.49. The lowest BCUT2D eigenvalue weighted by Gasteiger charge is -2.30. The van der Waals surface area contributed by atoms with Gasteiger partial charge in [0.1, 0.15) is 5.76 Å². The Morgan fingerprint density at radius 2 is 2.00 bits per heavy atom. The smallest absolute Gasteiger partial charge is 0.231 e. The number of aryl methyl sites for hydroxylation is 1. The molecule has 0 aliphatic carbocycles. The first kappa shape index (κ1) is 16.0. The average Bonchev–Trinajstić information content (AvgIpc) is 3.21. The Morgan fingerprint density at radius 3 is 2.80 bits per heavy atom. The van der Waals surface area contributed by atoms with Crippen molar-refractivity contribution < 1.29 is 18.7 Å². The predicted octanol–water partition coefficient (Wildman–Crippen LogP) is 3.18. The largest absolute Gasteiger partial charge is 0.454 e. The molecule has 0 saturated carbocycles. The molecule has 1 amide bonds. The number of piperidine rings is 1. The zero-order valence-corrected chi connectivity index (χ0v) is 14.6. The molecule has 3 heterocycles. The van der Waals surface area contributed by atoms with Crippen molar-refractivity contribution in [1.82, 2.24) is 9.88 Å². The highest BCUT2D eigenvalue weighted by Crippen LogP contribution is 2.36. The van der Waals surface area contributed by atoms with Crippen molar-refractivity contribution in [3.63, 3.8) is 0 Å². The van der Waals surface area contributed by atoms with Crippen molar-refractivity contribution >= 4 is 5.91 Å². The first-order valence-electron chi connectivity index (χ1n) is 8.74. The number of carbonyl (C=O) groups excluding carboxylic acids is 1. The Kier molecular flexibility index (Phi) is 4.11. The number of oxazole rings is 1. The Bertz CT molecular complexity index is 791. The van der Waals surface area contributed by atoms with E-state index >= 15 is 0 Å². The number of likely N-dealkylation sites (tertiary alicyclic amines) is 1. The number of carbonyl (C=O) groups is 1. The first-order chi connectivity index (χ1) is 12.1. The molecule has 4 rings (SSSR count). The molecule has 1 aromatic heterocycles. The molecule has 0 spiro atoms.